The standard InChI is InChI=1S/C22H26N4O4S/c1-16-4-7-21(17(2)14-16)31(29,30)24-19-15-18(22(27)28)5-6-20(19)26-12-10-25(11-13-26)9-3-8-23/h4-7,14-15,24H,3,9-13H2,1-2H3,(H,27,28). The van der Waals surface area contributed by atoms with Crippen molar-refractivity contribution in [1.82, 2.24) is 4.90 Å². The van der Waals surface area contributed by atoms with E-state index in [1.807, 2.05) is 11.8 Å². The predicted octanol–water partition coefficient (Wildman–Crippen LogP) is 2.84. The summed E-state index contributed by atoms with van der Waals surface area (Å²) < 4.78 is 28.8. The number of rotatable bonds is 7. The van der Waals surface area contributed by atoms with Crippen LogP contribution < -0.4 is 9.62 Å². The molecular formula is C22H26N4O4S. The van der Waals surface area contributed by atoms with Crippen molar-refractivity contribution in [2.24, 2.45) is 0 Å². The molecule has 0 aliphatic carbocycles. The number of aromatic carboxylic acids is 1. The van der Waals surface area contributed by atoms with Gasteiger partial charge in [0.25, 0.3) is 10.0 Å². The molecule has 8 nitrogen and oxygen atoms in total. The van der Waals surface area contributed by atoms with Crippen molar-refractivity contribution in [2.45, 2.75) is 25.2 Å². The van der Waals surface area contributed by atoms with Crippen molar-refractivity contribution in [3.05, 3.63) is 53.1 Å². The molecule has 2 N–H and O–H groups in total. The minimum Gasteiger partial charge on any atom is -0.478 e. The third kappa shape index (κ3) is 5.34. The molecule has 0 atom stereocenters. The van der Waals surface area contributed by atoms with Gasteiger partial charge in [0.15, 0.2) is 0 Å². The summed E-state index contributed by atoms with van der Waals surface area (Å²) in [5.74, 6) is -1.13. The van der Waals surface area contributed by atoms with Crippen molar-refractivity contribution >= 4 is 27.4 Å². The topological polar surface area (TPSA) is 114 Å². The monoisotopic (exact) mass is 442 g/mol. The molecule has 0 radical (unpaired) electrons. The second kappa shape index (κ2) is 9.37. The molecule has 0 unspecified atom stereocenters. The maximum atomic E-state index is 13.1. The van der Waals surface area contributed by atoms with E-state index in [0.717, 1.165) is 18.7 Å². The summed E-state index contributed by atoms with van der Waals surface area (Å²) in [6.45, 7) is 7.11. The lowest BCUT2D eigenvalue weighted by Crippen LogP contribution is -2.46. The minimum absolute atomic E-state index is 0.00901. The highest BCUT2D eigenvalue weighted by atomic mass is 32.2. The van der Waals surface area contributed by atoms with Crippen molar-refractivity contribution in [2.75, 3.05) is 42.3 Å². The number of carbonyl (C=O) groups is 1. The van der Waals surface area contributed by atoms with Crippen LogP contribution in [0.25, 0.3) is 0 Å². The molecule has 3 rings (SSSR count). The Kier molecular flexibility index (Phi) is 6.83. The molecule has 2 aromatic carbocycles. The molecule has 0 bridgehead atoms. The molecule has 164 valence electrons. The van der Waals surface area contributed by atoms with E-state index in [-0.39, 0.29) is 16.1 Å². The summed E-state index contributed by atoms with van der Waals surface area (Å²) in [5, 5.41) is 18.2. The zero-order valence-electron chi connectivity index (χ0n) is 17.6. The van der Waals surface area contributed by atoms with E-state index in [1.54, 1.807) is 31.2 Å². The molecule has 1 saturated heterocycles. The van der Waals surface area contributed by atoms with E-state index in [2.05, 4.69) is 15.7 Å². The van der Waals surface area contributed by atoms with Gasteiger partial charge in [0.1, 0.15) is 0 Å². The maximum absolute atomic E-state index is 13.1. The summed E-state index contributed by atoms with van der Waals surface area (Å²) in [6, 6.07) is 11.7. The molecule has 0 aromatic heterocycles. The fourth-order valence-corrected chi connectivity index (χ4v) is 5.04. The Balaban J connectivity index is 1.91. The smallest absolute Gasteiger partial charge is 0.335 e. The average molecular weight is 443 g/mol. The highest BCUT2D eigenvalue weighted by molar-refractivity contribution is 7.92. The summed E-state index contributed by atoms with van der Waals surface area (Å²) in [5.41, 5.74) is 2.46. The molecule has 1 aliphatic rings. The number of nitriles is 1. The van der Waals surface area contributed by atoms with E-state index < -0.39 is 16.0 Å². The van der Waals surface area contributed by atoms with Gasteiger partial charge in [-0.15, -0.1) is 0 Å². The van der Waals surface area contributed by atoms with Crippen LogP contribution in [0, 0.1) is 25.2 Å². The van der Waals surface area contributed by atoms with Gasteiger partial charge in [-0.3, -0.25) is 9.62 Å². The van der Waals surface area contributed by atoms with Crippen LogP contribution >= 0.6 is 0 Å². The Morgan fingerprint density at radius 2 is 1.84 bits per heavy atom. The Labute approximate surface area is 182 Å². The second-order valence-corrected chi connectivity index (χ2v) is 9.30. The van der Waals surface area contributed by atoms with Crippen LogP contribution in [0.5, 0.6) is 0 Å². The van der Waals surface area contributed by atoms with Crippen LogP contribution in [0.4, 0.5) is 11.4 Å². The van der Waals surface area contributed by atoms with Crippen LogP contribution in [-0.4, -0.2) is 57.1 Å². The fourth-order valence-electron chi connectivity index (χ4n) is 3.75. The van der Waals surface area contributed by atoms with Gasteiger partial charge < -0.3 is 10.0 Å². The van der Waals surface area contributed by atoms with E-state index in [4.69, 9.17) is 5.26 Å². The van der Waals surface area contributed by atoms with E-state index in [9.17, 15) is 18.3 Å². The van der Waals surface area contributed by atoms with Gasteiger partial charge in [-0.1, -0.05) is 17.7 Å². The minimum atomic E-state index is -3.90. The molecule has 0 saturated carbocycles. The van der Waals surface area contributed by atoms with Gasteiger partial charge in [0.05, 0.1) is 27.9 Å². The molecule has 1 fully saturated rings. The number of piperazine rings is 1. The summed E-state index contributed by atoms with van der Waals surface area (Å²) in [6.07, 6.45) is 0.467. The molecular weight excluding hydrogens is 416 g/mol. The number of hydrogen-bond donors (Lipinski definition) is 2. The number of hydrogen-bond acceptors (Lipinski definition) is 6. The first-order valence-corrected chi connectivity index (χ1v) is 11.5. The highest BCUT2D eigenvalue weighted by Gasteiger charge is 2.24. The largest absolute Gasteiger partial charge is 0.478 e. The van der Waals surface area contributed by atoms with Gasteiger partial charge >= 0.3 is 5.97 Å². The molecule has 31 heavy (non-hydrogen) atoms. The van der Waals surface area contributed by atoms with Crippen molar-refractivity contribution < 1.29 is 18.3 Å². The lowest BCUT2D eigenvalue weighted by molar-refractivity contribution is 0.0697. The first-order chi connectivity index (χ1) is 14.7. The van der Waals surface area contributed by atoms with Crippen molar-refractivity contribution in [3.63, 3.8) is 0 Å². The zero-order chi connectivity index (χ0) is 22.6. The Morgan fingerprint density at radius 1 is 1.13 bits per heavy atom. The maximum Gasteiger partial charge on any atom is 0.335 e. The van der Waals surface area contributed by atoms with Crippen LogP contribution in [0.3, 0.4) is 0 Å². The molecule has 0 spiro atoms. The average Bonchev–Trinajstić information content (AvgIpc) is 2.72. The van der Waals surface area contributed by atoms with E-state index >= 15 is 0 Å². The Hall–Kier alpha value is -3.09. The lowest BCUT2D eigenvalue weighted by Gasteiger charge is -2.36. The SMILES string of the molecule is Cc1ccc(S(=O)(=O)Nc2cc(C(=O)O)ccc2N2CCN(CCC#N)CC2)c(C)c1. The van der Waals surface area contributed by atoms with E-state index in [0.29, 0.717) is 37.3 Å². The number of sulfonamides is 1. The van der Waals surface area contributed by atoms with Crippen molar-refractivity contribution in [1.29, 1.82) is 5.26 Å². The number of aryl methyl sites for hydroxylation is 2. The number of carboxylic acid groups (broad SMARTS) is 1. The Bertz CT molecular complexity index is 1120. The molecule has 1 heterocycles. The van der Waals surface area contributed by atoms with Crippen LogP contribution in [0.15, 0.2) is 41.3 Å². The Morgan fingerprint density at radius 3 is 2.45 bits per heavy atom. The van der Waals surface area contributed by atoms with Crippen LogP contribution in [0.2, 0.25) is 0 Å². The third-order valence-electron chi connectivity index (χ3n) is 5.36. The second-order valence-electron chi connectivity index (χ2n) is 7.65. The molecule has 9 heteroatoms. The number of benzene rings is 2. The van der Waals surface area contributed by atoms with Crippen LogP contribution in [0.1, 0.15) is 27.9 Å². The number of carboxylic acids is 1. The van der Waals surface area contributed by atoms with Gasteiger partial charge in [-0.2, -0.15) is 5.26 Å². The van der Waals surface area contributed by atoms with Gasteiger partial charge in [0, 0.05) is 39.1 Å². The normalized spacial score (nSPS) is 14.8. The predicted molar refractivity (Wildman–Crippen MR) is 119 cm³/mol. The van der Waals surface area contributed by atoms with Gasteiger partial charge in [0.2, 0.25) is 0 Å². The molecule has 2 aromatic rings. The lowest BCUT2D eigenvalue weighted by atomic mass is 10.1. The quantitative estimate of drug-likeness (QED) is 0.678. The fraction of sp³-hybridized carbons (Fsp3) is 0.364. The number of nitrogens with zero attached hydrogens (tertiary/aromatic N) is 3. The van der Waals surface area contributed by atoms with Gasteiger partial charge in [-0.05, 0) is 43.7 Å². The highest BCUT2D eigenvalue weighted by Crippen LogP contribution is 2.31. The third-order valence-corrected chi connectivity index (χ3v) is 6.89. The van der Waals surface area contributed by atoms with Crippen LogP contribution in [-0.2, 0) is 10.0 Å². The van der Waals surface area contributed by atoms with Crippen molar-refractivity contribution in [3.8, 4) is 6.07 Å². The summed E-state index contributed by atoms with van der Waals surface area (Å²) >= 11 is 0. The first kappa shape index (κ1) is 22.6. The first-order valence-electron chi connectivity index (χ1n) is 10.0. The number of nitrogens with one attached hydrogen (secondary N) is 1. The van der Waals surface area contributed by atoms with E-state index in [1.165, 1.54) is 12.1 Å². The summed E-state index contributed by atoms with van der Waals surface area (Å²) in [7, 11) is -3.90. The molecule has 0 amide bonds. The number of anilines is 2. The zero-order valence-corrected chi connectivity index (χ0v) is 18.4. The van der Waals surface area contributed by atoms with Gasteiger partial charge in [-0.25, -0.2) is 13.2 Å². The summed E-state index contributed by atoms with van der Waals surface area (Å²) in [4.78, 5) is 15.9. The molecule has 1 aliphatic heterocycles.